The highest BCUT2D eigenvalue weighted by atomic mass is 16.5. The summed E-state index contributed by atoms with van der Waals surface area (Å²) in [6, 6.07) is 14.7. The highest BCUT2D eigenvalue weighted by Gasteiger charge is 2.18. The fraction of sp³-hybridized carbons (Fsp3) is 0.250. The van der Waals surface area contributed by atoms with Crippen molar-refractivity contribution in [2.75, 3.05) is 13.7 Å². The Kier molecular flexibility index (Phi) is 5.43. The Bertz CT molecular complexity index is 967. The first-order valence-corrected chi connectivity index (χ1v) is 8.42. The summed E-state index contributed by atoms with van der Waals surface area (Å²) in [7, 11) is 1.57. The van der Waals surface area contributed by atoms with Crippen LogP contribution in [-0.4, -0.2) is 35.2 Å². The van der Waals surface area contributed by atoms with Gasteiger partial charge in [-0.15, -0.1) is 0 Å². The van der Waals surface area contributed by atoms with Crippen molar-refractivity contribution in [2.24, 2.45) is 0 Å². The van der Waals surface area contributed by atoms with E-state index >= 15 is 0 Å². The number of hydrogen-bond donors (Lipinski definition) is 1. The number of methoxy groups -OCH3 is 1. The first kappa shape index (κ1) is 17.8. The number of aromatic nitrogens is 2. The van der Waals surface area contributed by atoms with Gasteiger partial charge in [-0.1, -0.05) is 30.3 Å². The van der Waals surface area contributed by atoms with Gasteiger partial charge in [0.05, 0.1) is 13.2 Å². The number of carbonyl (C=O) groups excluding carboxylic acids is 1. The van der Waals surface area contributed by atoms with Crippen LogP contribution >= 0.6 is 0 Å². The van der Waals surface area contributed by atoms with Gasteiger partial charge in [0.2, 0.25) is 0 Å². The molecule has 134 valence electrons. The maximum Gasteiger partial charge on any atom is 0.265 e. The predicted molar refractivity (Wildman–Crippen MR) is 100 cm³/mol. The Morgan fingerprint density at radius 1 is 1.23 bits per heavy atom. The Hall–Kier alpha value is -2.99. The molecule has 0 spiro atoms. The van der Waals surface area contributed by atoms with Crippen molar-refractivity contribution in [3.63, 3.8) is 0 Å². The second-order valence-electron chi connectivity index (χ2n) is 6.18. The zero-order valence-corrected chi connectivity index (χ0v) is 14.8. The number of nitrogens with one attached hydrogen (secondary N) is 1. The lowest BCUT2D eigenvalue weighted by Crippen LogP contribution is -2.39. The van der Waals surface area contributed by atoms with Crippen LogP contribution < -0.4 is 10.9 Å². The standard InChI is InChI=1S/C20H21N3O3/c1-14(13-26-2)22-19(24)17-11-16-9-6-10-21-18(16)23(20(17)25)12-15-7-4-3-5-8-15/h3-11,14H,12-13H2,1-2H3,(H,22,24). The number of rotatable bonds is 6. The number of pyridine rings is 2. The van der Waals surface area contributed by atoms with Crippen LogP contribution in [0.3, 0.4) is 0 Å². The summed E-state index contributed by atoms with van der Waals surface area (Å²) in [6.45, 7) is 2.55. The van der Waals surface area contributed by atoms with Crippen LogP contribution in [0, 0.1) is 0 Å². The molecule has 26 heavy (non-hydrogen) atoms. The molecule has 0 saturated carbocycles. The van der Waals surface area contributed by atoms with E-state index in [-0.39, 0.29) is 17.2 Å². The number of hydrogen-bond acceptors (Lipinski definition) is 4. The smallest absolute Gasteiger partial charge is 0.265 e. The lowest BCUT2D eigenvalue weighted by atomic mass is 10.1. The molecule has 1 amide bonds. The van der Waals surface area contributed by atoms with Crippen LogP contribution in [0.15, 0.2) is 59.5 Å². The van der Waals surface area contributed by atoms with Crippen LogP contribution in [0.1, 0.15) is 22.8 Å². The second-order valence-corrected chi connectivity index (χ2v) is 6.18. The maximum absolute atomic E-state index is 13.0. The quantitative estimate of drug-likeness (QED) is 0.739. The largest absolute Gasteiger partial charge is 0.383 e. The molecule has 6 heteroatoms. The fourth-order valence-electron chi connectivity index (χ4n) is 2.87. The summed E-state index contributed by atoms with van der Waals surface area (Å²) in [5, 5.41) is 3.54. The van der Waals surface area contributed by atoms with E-state index in [2.05, 4.69) is 10.3 Å². The molecule has 3 rings (SSSR count). The van der Waals surface area contributed by atoms with Gasteiger partial charge in [0, 0.05) is 24.7 Å². The third-order valence-corrected chi connectivity index (χ3v) is 4.07. The van der Waals surface area contributed by atoms with Crippen LogP contribution in [0.5, 0.6) is 0 Å². The van der Waals surface area contributed by atoms with Crippen molar-refractivity contribution >= 4 is 16.9 Å². The summed E-state index contributed by atoms with van der Waals surface area (Å²) in [4.78, 5) is 29.9. The zero-order valence-electron chi connectivity index (χ0n) is 14.8. The lowest BCUT2D eigenvalue weighted by Gasteiger charge is -2.15. The molecule has 0 bridgehead atoms. The van der Waals surface area contributed by atoms with E-state index < -0.39 is 5.91 Å². The van der Waals surface area contributed by atoms with Gasteiger partial charge in [-0.2, -0.15) is 0 Å². The van der Waals surface area contributed by atoms with E-state index in [1.807, 2.05) is 43.3 Å². The molecule has 2 aromatic heterocycles. The molecule has 2 heterocycles. The van der Waals surface area contributed by atoms with E-state index in [9.17, 15) is 9.59 Å². The topological polar surface area (TPSA) is 73.2 Å². The van der Waals surface area contributed by atoms with Gasteiger partial charge in [0.25, 0.3) is 11.5 Å². The van der Waals surface area contributed by atoms with E-state index in [1.54, 1.807) is 30.0 Å². The van der Waals surface area contributed by atoms with Gasteiger partial charge < -0.3 is 10.1 Å². The Labute approximate surface area is 151 Å². The molecule has 0 saturated heterocycles. The Morgan fingerprint density at radius 3 is 2.73 bits per heavy atom. The third kappa shape index (κ3) is 3.81. The minimum Gasteiger partial charge on any atom is -0.383 e. The monoisotopic (exact) mass is 351 g/mol. The van der Waals surface area contributed by atoms with Gasteiger partial charge in [-0.05, 0) is 30.7 Å². The maximum atomic E-state index is 13.0. The van der Waals surface area contributed by atoms with Gasteiger partial charge >= 0.3 is 0 Å². The summed E-state index contributed by atoms with van der Waals surface area (Å²) >= 11 is 0. The number of benzene rings is 1. The number of fused-ring (bicyclic) bond motifs is 1. The summed E-state index contributed by atoms with van der Waals surface area (Å²) in [5.74, 6) is -0.410. The van der Waals surface area contributed by atoms with Crippen LogP contribution in [0.25, 0.3) is 11.0 Å². The van der Waals surface area contributed by atoms with Crippen molar-refractivity contribution in [3.8, 4) is 0 Å². The van der Waals surface area contributed by atoms with E-state index in [0.717, 1.165) is 10.9 Å². The SMILES string of the molecule is COCC(C)NC(=O)c1cc2cccnc2n(Cc2ccccc2)c1=O. The highest BCUT2D eigenvalue weighted by molar-refractivity contribution is 5.97. The molecule has 3 aromatic rings. The predicted octanol–water partition coefficient (Wildman–Crippen LogP) is 2.21. The molecule has 1 unspecified atom stereocenters. The second kappa shape index (κ2) is 7.93. The van der Waals surface area contributed by atoms with Gasteiger partial charge in [-0.3, -0.25) is 14.2 Å². The molecule has 6 nitrogen and oxygen atoms in total. The summed E-state index contributed by atoms with van der Waals surface area (Å²) < 4.78 is 6.58. The number of nitrogens with zero attached hydrogens (tertiary/aromatic N) is 2. The molecule has 1 aromatic carbocycles. The average molecular weight is 351 g/mol. The highest BCUT2D eigenvalue weighted by Crippen LogP contribution is 2.13. The minimum atomic E-state index is -0.410. The fourth-order valence-corrected chi connectivity index (χ4v) is 2.87. The molecule has 0 aliphatic rings. The normalized spacial score (nSPS) is 12.1. The van der Waals surface area contributed by atoms with Crippen LogP contribution in [0.4, 0.5) is 0 Å². The molecule has 0 radical (unpaired) electrons. The lowest BCUT2D eigenvalue weighted by molar-refractivity contribution is 0.0903. The molecule has 1 N–H and O–H groups in total. The number of carbonyl (C=O) groups is 1. The summed E-state index contributed by atoms with van der Waals surface area (Å²) in [5.41, 5.74) is 1.27. The molecule has 0 aliphatic heterocycles. The van der Waals surface area contributed by atoms with E-state index in [4.69, 9.17) is 4.74 Å². The molecule has 1 atom stereocenters. The van der Waals surface area contributed by atoms with E-state index in [0.29, 0.717) is 18.8 Å². The molecular weight excluding hydrogens is 330 g/mol. The zero-order chi connectivity index (χ0) is 18.5. The first-order valence-electron chi connectivity index (χ1n) is 8.42. The van der Waals surface area contributed by atoms with Crippen molar-refractivity contribution in [1.82, 2.24) is 14.9 Å². The van der Waals surface area contributed by atoms with Gasteiger partial charge in [0.15, 0.2) is 0 Å². The minimum absolute atomic E-state index is 0.101. The van der Waals surface area contributed by atoms with Crippen LogP contribution in [0.2, 0.25) is 0 Å². The van der Waals surface area contributed by atoms with Crippen molar-refractivity contribution in [3.05, 3.63) is 76.2 Å². The molecule has 0 aliphatic carbocycles. The Morgan fingerprint density at radius 2 is 2.00 bits per heavy atom. The average Bonchev–Trinajstić information content (AvgIpc) is 2.64. The van der Waals surface area contributed by atoms with Crippen molar-refractivity contribution in [1.29, 1.82) is 0 Å². The van der Waals surface area contributed by atoms with E-state index in [1.165, 1.54) is 0 Å². The number of amides is 1. The summed E-state index contributed by atoms with van der Waals surface area (Å²) in [6.07, 6.45) is 1.64. The van der Waals surface area contributed by atoms with Crippen molar-refractivity contribution < 1.29 is 9.53 Å². The molecule has 0 fully saturated rings. The Balaban J connectivity index is 2.06. The van der Waals surface area contributed by atoms with Crippen molar-refractivity contribution in [2.45, 2.75) is 19.5 Å². The van der Waals surface area contributed by atoms with Crippen LogP contribution in [-0.2, 0) is 11.3 Å². The van der Waals surface area contributed by atoms with Gasteiger partial charge in [-0.25, -0.2) is 4.98 Å². The van der Waals surface area contributed by atoms with Gasteiger partial charge in [0.1, 0.15) is 11.2 Å². The molecular formula is C20H21N3O3. The number of ether oxygens (including phenoxy) is 1. The first-order chi connectivity index (χ1) is 12.6. The third-order valence-electron chi connectivity index (χ3n) is 4.07.